The molecule has 14 heavy (non-hydrogen) atoms. The van der Waals surface area contributed by atoms with Gasteiger partial charge in [-0.25, -0.2) is 4.98 Å². The molecule has 0 unspecified atom stereocenters. The van der Waals surface area contributed by atoms with Gasteiger partial charge < -0.3 is 4.74 Å². The molecule has 0 N–H and O–H groups in total. The van der Waals surface area contributed by atoms with Crippen LogP contribution >= 0.6 is 15.9 Å². The molecule has 5 heteroatoms. The van der Waals surface area contributed by atoms with Crippen LogP contribution in [0.15, 0.2) is 22.9 Å². The van der Waals surface area contributed by atoms with E-state index < -0.39 is 0 Å². The minimum Gasteiger partial charge on any atom is -0.377 e. The van der Waals surface area contributed by atoms with Crippen molar-refractivity contribution in [2.75, 3.05) is 13.2 Å². The van der Waals surface area contributed by atoms with Crippen molar-refractivity contribution in [3.05, 3.63) is 22.9 Å². The highest BCUT2D eigenvalue weighted by atomic mass is 79.9. The number of rotatable bonds is 1. The van der Waals surface area contributed by atoms with E-state index in [0.717, 1.165) is 28.9 Å². The average molecular weight is 254 g/mol. The number of hydrogen-bond donors (Lipinski definition) is 0. The molecular weight excluding hydrogens is 246 g/mol. The molecule has 0 spiro atoms. The Labute approximate surface area is 89.0 Å². The predicted molar refractivity (Wildman–Crippen MR) is 55.1 cm³/mol. The van der Waals surface area contributed by atoms with Gasteiger partial charge in [-0.05, 0) is 28.1 Å². The Morgan fingerprint density at radius 1 is 1.43 bits per heavy atom. The van der Waals surface area contributed by atoms with Gasteiger partial charge in [0.15, 0.2) is 0 Å². The molecule has 0 aliphatic carbocycles. The van der Waals surface area contributed by atoms with Crippen molar-refractivity contribution in [3.8, 4) is 0 Å². The van der Waals surface area contributed by atoms with Crippen molar-refractivity contribution in [2.24, 2.45) is 0 Å². The van der Waals surface area contributed by atoms with Gasteiger partial charge in [0.1, 0.15) is 10.1 Å². The zero-order valence-corrected chi connectivity index (χ0v) is 8.94. The molecule has 0 amide bonds. The van der Waals surface area contributed by atoms with Crippen LogP contribution in [0.3, 0.4) is 0 Å². The van der Waals surface area contributed by atoms with Crippen molar-refractivity contribution >= 4 is 27.0 Å². The molecule has 2 aromatic rings. The Hall–Kier alpha value is -0.940. The van der Waals surface area contributed by atoms with E-state index in [0.29, 0.717) is 6.04 Å². The summed E-state index contributed by atoms with van der Waals surface area (Å²) in [5.41, 5.74) is 1.99. The van der Waals surface area contributed by atoms with Crippen LogP contribution in [0.5, 0.6) is 0 Å². The van der Waals surface area contributed by atoms with Crippen LogP contribution in [-0.4, -0.2) is 28.0 Å². The van der Waals surface area contributed by atoms with Crippen molar-refractivity contribution in [1.82, 2.24) is 14.8 Å². The van der Waals surface area contributed by atoms with Gasteiger partial charge in [0.05, 0.1) is 31.0 Å². The fraction of sp³-hybridized carbons (Fsp3) is 0.333. The van der Waals surface area contributed by atoms with Gasteiger partial charge in [0.25, 0.3) is 0 Å². The highest BCUT2D eigenvalue weighted by Crippen LogP contribution is 2.22. The van der Waals surface area contributed by atoms with E-state index in [1.165, 1.54) is 0 Å². The highest BCUT2D eigenvalue weighted by molar-refractivity contribution is 9.10. The fourth-order valence-corrected chi connectivity index (χ4v) is 1.89. The minimum atomic E-state index is 0.385. The first-order valence-electron chi connectivity index (χ1n) is 4.42. The van der Waals surface area contributed by atoms with Gasteiger partial charge in [-0.15, -0.1) is 0 Å². The van der Waals surface area contributed by atoms with Crippen LogP contribution in [0.1, 0.15) is 6.04 Å². The number of pyridine rings is 1. The summed E-state index contributed by atoms with van der Waals surface area (Å²) >= 11 is 3.34. The topological polar surface area (TPSA) is 39.9 Å². The van der Waals surface area contributed by atoms with E-state index in [4.69, 9.17) is 4.74 Å². The van der Waals surface area contributed by atoms with Crippen LogP contribution < -0.4 is 0 Å². The molecule has 1 fully saturated rings. The maximum absolute atomic E-state index is 5.14. The normalized spacial score (nSPS) is 17.2. The molecule has 0 saturated carbocycles. The summed E-state index contributed by atoms with van der Waals surface area (Å²) in [5, 5.41) is 4.31. The van der Waals surface area contributed by atoms with Crippen molar-refractivity contribution in [1.29, 1.82) is 0 Å². The SMILES string of the molecule is Brc1ccc2c(cnn2C2COC2)n1. The lowest BCUT2D eigenvalue weighted by Crippen LogP contribution is -2.31. The van der Waals surface area contributed by atoms with Gasteiger partial charge in [-0.3, -0.25) is 4.68 Å². The Bertz CT molecular complexity index is 478. The molecule has 1 saturated heterocycles. The third-order valence-electron chi connectivity index (χ3n) is 2.39. The van der Waals surface area contributed by atoms with Gasteiger partial charge in [-0.1, -0.05) is 0 Å². The first kappa shape index (κ1) is 8.38. The average Bonchev–Trinajstić information content (AvgIpc) is 2.45. The molecule has 2 aromatic heterocycles. The summed E-state index contributed by atoms with van der Waals surface area (Å²) in [5.74, 6) is 0. The molecule has 3 heterocycles. The molecule has 0 atom stereocenters. The highest BCUT2D eigenvalue weighted by Gasteiger charge is 2.22. The maximum atomic E-state index is 5.14. The van der Waals surface area contributed by atoms with Crippen LogP contribution in [-0.2, 0) is 4.74 Å². The summed E-state index contributed by atoms with van der Waals surface area (Å²) in [7, 11) is 0. The van der Waals surface area contributed by atoms with Crippen molar-refractivity contribution in [2.45, 2.75) is 6.04 Å². The first-order valence-corrected chi connectivity index (χ1v) is 5.21. The fourth-order valence-electron chi connectivity index (χ4n) is 1.57. The Morgan fingerprint density at radius 2 is 2.29 bits per heavy atom. The summed E-state index contributed by atoms with van der Waals surface area (Å²) in [6.45, 7) is 1.51. The third kappa shape index (κ3) is 1.16. The minimum absolute atomic E-state index is 0.385. The number of aromatic nitrogens is 3. The van der Waals surface area contributed by atoms with E-state index in [9.17, 15) is 0 Å². The van der Waals surface area contributed by atoms with Crippen LogP contribution in [0, 0.1) is 0 Å². The summed E-state index contributed by atoms with van der Waals surface area (Å²) < 4.78 is 7.97. The second-order valence-electron chi connectivity index (χ2n) is 3.32. The van der Waals surface area contributed by atoms with Crippen molar-refractivity contribution < 1.29 is 4.74 Å². The number of nitrogens with zero attached hydrogens (tertiary/aromatic N) is 3. The number of hydrogen-bond acceptors (Lipinski definition) is 3. The summed E-state index contributed by atoms with van der Waals surface area (Å²) in [4.78, 5) is 4.33. The van der Waals surface area contributed by atoms with E-state index >= 15 is 0 Å². The molecule has 0 aromatic carbocycles. The monoisotopic (exact) mass is 253 g/mol. The lowest BCUT2D eigenvalue weighted by atomic mass is 10.2. The van der Waals surface area contributed by atoms with Crippen LogP contribution in [0.25, 0.3) is 11.0 Å². The molecule has 3 rings (SSSR count). The molecule has 72 valence electrons. The largest absolute Gasteiger partial charge is 0.377 e. The lowest BCUT2D eigenvalue weighted by Gasteiger charge is -2.26. The number of ether oxygens (including phenoxy) is 1. The summed E-state index contributed by atoms with van der Waals surface area (Å²) in [6, 6.07) is 4.34. The quantitative estimate of drug-likeness (QED) is 0.728. The second-order valence-corrected chi connectivity index (χ2v) is 4.13. The smallest absolute Gasteiger partial charge is 0.110 e. The third-order valence-corrected chi connectivity index (χ3v) is 2.83. The van der Waals surface area contributed by atoms with E-state index in [1.54, 1.807) is 6.20 Å². The molecule has 0 radical (unpaired) electrons. The second kappa shape index (κ2) is 3.03. The Balaban J connectivity index is 2.16. The van der Waals surface area contributed by atoms with Crippen LogP contribution in [0.4, 0.5) is 0 Å². The van der Waals surface area contributed by atoms with Gasteiger partial charge in [-0.2, -0.15) is 5.10 Å². The molecule has 1 aliphatic rings. The Kier molecular flexibility index (Phi) is 1.81. The van der Waals surface area contributed by atoms with Crippen molar-refractivity contribution in [3.63, 3.8) is 0 Å². The molecule has 1 aliphatic heterocycles. The molecular formula is C9H8BrN3O. The molecule has 4 nitrogen and oxygen atoms in total. The number of fused-ring (bicyclic) bond motifs is 1. The van der Waals surface area contributed by atoms with Gasteiger partial charge in [0.2, 0.25) is 0 Å². The zero-order chi connectivity index (χ0) is 9.54. The molecule has 0 bridgehead atoms. The Morgan fingerprint density at radius 3 is 3.00 bits per heavy atom. The van der Waals surface area contributed by atoms with E-state index in [2.05, 4.69) is 26.0 Å². The zero-order valence-electron chi connectivity index (χ0n) is 7.35. The predicted octanol–water partition coefficient (Wildman–Crippen LogP) is 1.77. The summed E-state index contributed by atoms with van der Waals surface area (Å²) in [6.07, 6.45) is 1.79. The van der Waals surface area contributed by atoms with Gasteiger partial charge >= 0.3 is 0 Å². The number of halogens is 1. The van der Waals surface area contributed by atoms with E-state index in [1.807, 2.05) is 16.8 Å². The first-order chi connectivity index (χ1) is 6.84. The van der Waals surface area contributed by atoms with Crippen LogP contribution in [0.2, 0.25) is 0 Å². The standard InChI is InChI=1S/C9H8BrN3O/c10-9-2-1-8-7(12-9)3-11-13(8)6-4-14-5-6/h1-3,6H,4-5H2. The lowest BCUT2D eigenvalue weighted by molar-refractivity contribution is -0.0266. The maximum Gasteiger partial charge on any atom is 0.110 e. The van der Waals surface area contributed by atoms with E-state index in [-0.39, 0.29) is 0 Å². The van der Waals surface area contributed by atoms with Gasteiger partial charge in [0, 0.05) is 0 Å².